The molecule has 2 atom stereocenters. The predicted molar refractivity (Wildman–Crippen MR) is 95.6 cm³/mol. The number of carbonyl (C=O) groups excluding carboxylic acids is 1. The van der Waals surface area contributed by atoms with E-state index in [1.807, 2.05) is 55.5 Å². The van der Waals surface area contributed by atoms with Gasteiger partial charge in [-0.3, -0.25) is 4.79 Å². The highest BCUT2D eigenvalue weighted by Gasteiger charge is 2.44. The van der Waals surface area contributed by atoms with Crippen LogP contribution in [0, 0.1) is 5.92 Å². The van der Waals surface area contributed by atoms with Crippen LogP contribution in [0.2, 0.25) is 0 Å². The Bertz CT molecular complexity index is 753. The average molecular weight is 302 g/mol. The summed E-state index contributed by atoms with van der Waals surface area (Å²) in [5, 5.41) is 0. The Morgan fingerprint density at radius 2 is 1.57 bits per heavy atom. The smallest absolute Gasteiger partial charge is 0.171 e. The summed E-state index contributed by atoms with van der Waals surface area (Å²) in [7, 11) is 0. The van der Waals surface area contributed by atoms with Crippen molar-refractivity contribution in [2.24, 2.45) is 5.92 Å². The molecule has 2 aromatic carbocycles. The molecule has 0 fully saturated rings. The third-order valence-corrected chi connectivity index (χ3v) is 4.71. The Morgan fingerprint density at radius 3 is 2.09 bits per heavy atom. The van der Waals surface area contributed by atoms with Crippen LogP contribution in [-0.4, -0.2) is 5.78 Å². The van der Waals surface area contributed by atoms with Gasteiger partial charge in [-0.15, -0.1) is 0 Å². The van der Waals surface area contributed by atoms with E-state index >= 15 is 0 Å². The fourth-order valence-corrected chi connectivity index (χ4v) is 3.71. The van der Waals surface area contributed by atoms with Gasteiger partial charge in [0.1, 0.15) is 0 Å². The quantitative estimate of drug-likeness (QED) is 0.660. The van der Waals surface area contributed by atoms with Crippen LogP contribution >= 0.6 is 0 Å². The van der Waals surface area contributed by atoms with Gasteiger partial charge < -0.3 is 0 Å². The summed E-state index contributed by atoms with van der Waals surface area (Å²) in [6, 6.07) is 20.0. The topological polar surface area (TPSA) is 17.1 Å². The normalized spacial score (nSPS) is 20.1. The summed E-state index contributed by atoms with van der Waals surface area (Å²) in [6.07, 6.45) is 0.959. The highest BCUT2D eigenvalue weighted by molar-refractivity contribution is 6.02. The maximum atomic E-state index is 13.1. The van der Waals surface area contributed by atoms with Crippen molar-refractivity contribution < 1.29 is 4.79 Å². The first-order chi connectivity index (χ1) is 11.1. The van der Waals surface area contributed by atoms with Crippen LogP contribution in [-0.2, 0) is 0 Å². The van der Waals surface area contributed by atoms with Crippen LogP contribution < -0.4 is 0 Å². The van der Waals surface area contributed by atoms with Gasteiger partial charge >= 0.3 is 0 Å². The van der Waals surface area contributed by atoms with Crippen molar-refractivity contribution in [1.29, 1.82) is 0 Å². The van der Waals surface area contributed by atoms with Crippen molar-refractivity contribution in [1.82, 2.24) is 0 Å². The minimum absolute atomic E-state index is 0.104. The molecule has 1 nitrogen and oxygen atoms in total. The minimum atomic E-state index is -0.104. The Balaban J connectivity index is 2.07. The van der Waals surface area contributed by atoms with Gasteiger partial charge in [-0.05, 0) is 24.5 Å². The molecule has 1 heteroatoms. The molecule has 0 aliphatic heterocycles. The van der Waals surface area contributed by atoms with Gasteiger partial charge in [0, 0.05) is 11.5 Å². The zero-order valence-corrected chi connectivity index (χ0v) is 13.8. The van der Waals surface area contributed by atoms with Gasteiger partial charge in [0.25, 0.3) is 0 Å². The second-order valence-electron chi connectivity index (χ2n) is 6.17. The second kappa shape index (κ2) is 6.37. The summed E-state index contributed by atoms with van der Waals surface area (Å²) in [5.74, 6) is 0.280. The molecule has 1 aliphatic rings. The maximum absolute atomic E-state index is 13.1. The van der Waals surface area contributed by atoms with Crippen LogP contribution in [0.1, 0.15) is 42.1 Å². The van der Waals surface area contributed by atoms with E-state index in [1.54, 1.807) is 0 Å². The van der Waals surface area contributed by atoms with Crippen LogP contribution in [0.25, 0.3) is 0 Å². The van der Waals surface area contributed by atoms with Crippen molar-refractivity contribution in [3.05, 3.63) is 95.1 Å². The zero-order chi connectivity index (χ0) is 16.4. The van der Waals surface area contributed by atoms with E-state index in [2.05, 4.69) is 25.6 Å². The molecule has 0 heterocycles. The minimum Gasteiger partial charge on any atom is -0.293 e. The van der Waals surface area contributed by atoms with Gasteiger partial charge in [-0.1, -0.05) is 85.3 Å². The molecule has 0 bridgehead atoms. The highest BCUT2D eigenvalue weighted by atomic mass is 16.1. The first-order valence-corrected chi connectivity index (χ1v) is 8.18. The van der Waals surface area contributed by atoms with E-state index in [1.165, 1.54) is 11.1 Å². The summed E-state index contributed by atoms with van der Waals surface area (Å²) in [5.41, 5.74) is 5.55. The van der Waals surface area contributed by atoms with Gasteiger partial charge in [0.05, 0.1) is 5.92 Å². The van der Waals surface area contributed by atoms with Crippen LogP contribution in [0.3, 0.4) is 0 Å². The lowest BCUT2D eigenvalue weighted by Gasteiger charge is -2.42. The van der Waals surface area contributed by atoms with E-state index in [-0.39, 0.29) is 17.6 Å². The average Bonchev–Trinajstić information content (AvgIpc) is 2.55. The summed E-state index contributed by atoms with van der Waals surface area (Å²) >= 11 is 0. The number of rotatable bonds is 5. The monoisotopic (exact) mass is 302 g/mol. The largest absolute Gasteiger partial charge is 0.293 e. The molecule has 2 aromatic rings. The molecule has 0 radical (unpaired) electrons. The SMILES string of the molecule is C=C(C)C1=C(CC)[C@@H](c2ccccc2)[C@@H]1C(=O)c1ccccc1. The van der Waals surface area contributed by atoms with Gasteiger partial charge in [0.15, 0.2) is 5.78 Å². The van der Waals surface area contributed by atoms with E-state index < -0.39 is 0 Å². The van der Waals surface area contributed by atoms with E-state index in [0.717, 1.165) is 23.1 Å². The highest BCUT2D eigenvalue weighted by Crippen LogP contribution is 2.52. The molecular formula is C22H22O. The standard InChI is InChI=1S/C22H22O/c1-4-18-19(15(2)3)21(20(18)16-11-7-5-8-12-16)22(23)17-13-9-6-10-14-17/h5-14,20-21H,2,4H2,1,3H3/t20-,21-/m1/s1. The third-order valence-electron chi connectivity index (χ3n) is 4.71. The van der Waals surface area contributed by atoms with E-state index in [0.29, 0.717) is 0 Å². The number of benzene rings is 2. The molecule has 116 valence electrons. The van der Waals surface area contributed by atoms with Gasteiger partial charge in [-0.2, -0.15) is 0 Å². The Kier molecular flexibility index (Phi) is 4.29. The molecule has 1 aliphatic carbocycles. The fraction of sp³-hybridized carbons (Fsp3) is 0.227. The number of ketones is 1. The molecule has 23 heavy (non-hydrogen) atoms. The van der Waals surface area contributed by atoms with Crippen LogP contribution in [0.5, 0.6) is 0 Å². The molecule has 3 rings (SSSR count). The summed E-state index contributed by atoms with van der Waals surface area (Å²) in [6.45, 7) is 8.30. The fourth-order valence-electron chi connectivity index (χ4n) is 3.71. The molecule has 0 saturated carbocycles. The molecular weight excluding hydrogens is 280 g/mol. The van der Waals surface area contributed by atoms with E-state index in [4.69, 9.17) is 0 Å². The first-order valence-electron chi connectivity index (χ1n) is 8.18. The lowest BCUT2D eigenvalue weighted by molar-refractivity contribution is 0.0914. The van der Waals surface area contributed by atoms with Gasteiger partial charge in [-0.25, -0.2) is 0 Å². The number of allylic oxidation sites excluding steroid dienone is 3. The molecule has 0 unspecified atom stereocenters. The summed E-state index contributed by atoms with van der Waals surface area (Å²) in [4.78, 5) is 13.1. The second-order valence-corrected chi connectivity index (χ2v) is 6.17. The predicted octanol–water partition coefficient (Wildman–Crippen LogP) is 5.57. The van der Waals surface area contributed by atoms with Crippen LogP contribution in [0.15, 0.2) is 84.0 Å². The van der Waals surface area contributed by atoms with Crippen molar-refractivity contribution in [2.45, 2.75) is 26.2 Å². The number of Topliss-reactive ketones (excluding diaryl/α,β-unsaturated/α-hetero) is 1. The number of hydrogen-bond donors (Lipinski definition) is 0. The van der Waals surface area contributed by atoms with Crippen molar-refractivity contribution in [3.8, 4) is 0 Å². The summed E-state index contributed by atoms with van der Waals surface area (Å²) < 4.78 is 0. The Labute approximate surface area is 138 Å². The van der Waals surface area contributed by atoms with Crippen molar-refractivity contribution >= 4 is 5.78 Å². The maximum Gasteiger partial charge on any atom is 0.171 e. The lowest BCUT2D eigenvalue weighted by Crippen LogP contribution is -2.36. The number of hydrogen-bond acceptors (Lipinski definition) is 1. The molecule has 0 spiro atoms. The molecule has 0 saturated heterocycles. The van der Waals surface area contributed by atoms with Crippen LogP contribution in [0.4, 0.5) is 0 Å². The molecule has 0 aromatic heterocycles. The van der Waals surface area contributed by atoms with Gasteiger partial charge in [0.2, 0.25) is 0 Å². The van der Waals surface area contributed by atoms with E-state index in [9.17, 15) is 4.79 Å². The van der Waals surface area contributed by atoms with Crippen molar-refractivity contribution in [3.63, 3.8) is 0 Å². The number of carbonyl (C=O) groups is 1. The molecule has 0 amide bonds. The zero-order valence-electron chi connectivity index (χ0n) is 13.8. The first kappa shape index (κ1) is 15.5. The lowest BCUT2D eigenvalue weighted by atomic mass is 9.60. The Hall–Kier alpha value is -2.41. The molecule has 0 N–H and O–H groups in total. The third kappa shape index (κ3) is 2.68. The Morgan fingerprint density at radius 1 is 1.00 bits per heavy atom. The van der Waals surface area contributed by atoms with Crippen molar-refractivity contribution in [2.75, 3.05) is 0 Å².